The average molecular weight is 336 g/mol. The molecule has 1 aromatic carbocycles. The van der Waals surface area contributed by atoms with Crippen molar-refractivity contribution >= 4 is 21.6 Å². The van der Waals surface area contributed by atoms with E-state index in [2.05, 4.69) is 45.2 Å². The van der Waals surface area contributed by atoms with Gasteiger partial charge in [-0.3, -0.25) is 0 Å². The second kappa shape index (κ2) is 7.66. The third-order valence-corrected chi connectivity index (χ3v) is 4.45. The van der Waals surface area contributed by atoms with Gasteiger partial charge in [-0.2, -0.15) is 5.26 Å². The minimum Gasteiger partial charge on any atom is -0.369 e. The molecular weight excluding hydrogens is 314 g/mol. The highest BCUT2D eigenvalue weighted by atomic mass is 79.9. The number of hydrogen-bond acceptors (Lipinski definition) is 3. The molecule has 1 N–H and O–H groups in total. The topological polar surface area (TPSA) is 39.1 Å². The van der Waals surface area contributed by atoms with Crippen LogP contribution in [-0.4, -0.2) is 25.7 Å². The predicted octanol–water partition coefficient (Wildman–Crippen LogP) is 3.68. The number of benzene rings is 1. The SMILES string of the molecule is CCCN(CC1CCCCN1)c1cccc(Br)c1C#N. The molecule has 1 fully saturated rings. The molecule has 0 aliphatic carbocycles. The first-order chi connectivity index (χ1) is 9.76. The molecule has 0 saturated carbocycles. The Kier molecular flexibility index (Phi) is 5.87. The van der Waals surface area contributed by atoms with E-state index in [1.165, 1.54) is 19.3 Å². The van der Waals surface area contributed by atoms with Gasteiger partial charge in [-0.15, -0.1) is 0 Å². The molecule has 0 aromatic heterocycles. The predicted molar refractivity (Wildman–Crippen MR) is 87.0 cm³/mol. The summed E-state index contributed by atoms with van der Waals surface area (Å²) in [5.41, 5.74) is 1.80. The summed E-state index contributed by atoms with van der Waals surface area (Å²) >= 11 is 3.49. The Labute approximate surface area is 130 Å². The first kappa shape index (κ1) is 15.3. The second-order valence-corrected chi connectivity index (χ2v) is 6.19. The molecule has 0 radical (unpaired) electrons. The lowest BCUT2D eigenvalue weighted by Crippen LogP contribution is -2.44. The Morgan fingerprint density at radius 2 is 2.30 bits per heavy atom. The molecule has 1 aliphatic rings. The Morgan fingerprint density at radius 1 is 1.45 bits per heavy atom. The Balaban J connectivity index is 2.19. The van der Waals surface area contributed by atoms with Gasteiger partial charge < -0.3 is 10.2 Å². The standard InChI is InChI=1S/C16H22BrN3/c1-2-10-20(12-13-6-3-4-9-19-13)16-8-5-7-15(17)14(16)11-18/h5,7-8,13,19H,2-4,6,9-10,12H2,1H3. The highest BCUT2D eigenvalue weighted by Gasteiger charge is 2.19. The van der Waals surface area contributed by atoms with Crippen LogP contribution in [0.2, 0.25) is 0 Å². The summed E-state index contributed by atoms with van der Waals surface area (Å²) in [5, 5.41) is 13.0. The average Bonchev–Trinajstić information content (AvgIpc) is 2.47. The van der Waals surface area contributed by atoms with Crippen LogP contribution in [0.15, 0.2) is 22.7 Å². The van der Waals surface area contributed by atoms with Gasteiger partial charge in [0.25, 0.3) is 0 Å². The van der Waals surface area contributed by atoms with Crippen LogP contribution in [0.25, 0.3) is 0 Å². The summed E-state index contributed by atoms with van der Waals surface area (Å²) in [6, 6.07) is 8.88. The van der Waals surface area contributed by atoms with Crippen molar-refractivity contribution in [3.8, 4) is 6.07 Å². The van der Waals surface area contributed by atoms with E-state index in [0.29, 0.717) is 6.04 Å². The maximum Gasteiger partial charge on any atom is 0.103 e. The van der Waals surface area contributed by atoms with Crippen molar-refractivity contribution in [1.82, 2.24) is 5.32 Å². The van der Waals surface area contributed by atoms with Crippen molar-refractivity contribution in [2.75, 3.05) is 24.5 Å². The largest absolute Gasteiger partial charge is 0.369 e. The molecule has 0 spiro atoms. The van der Waals surface area contributed by atoms with Crippen molar-refractivity contribution in [3.05, 3.63) is 28.2 Å². The molecule has 1 saturated heterocycles. The van der Waals surface area contributed by atoms with E-state index in [1.54, 1.807) is 0 Å². The Morgan fingerprint density at radius 3 is 2.95 bits per heavy atom. The van der Waals surface area contributed by atoms with E-state index >= 15 is 0 Å². The summed E-state index contributed by atoms with van der Waals surface area (Å²) < 4.78 is 0.884. The summed E-state index contributed by atoms with van der Waals surface area (Å²) in [4.78, 5) is 2.35. The van der Waals surface area contributed by atoms with Crippen LogP contribution in [0.1, 0.15) is 38.2 Å². The van der Waals surface area contributed by atoms with Gasteiger partial charge in [-0.25, -0.2) is 0 Å². The van der Waals surface area contributed by atoms with Crippen LogP contribution >= 0.6 is 15.9 Å². The third kappa shape index (κ3) is 3.74. The van der Waals surface area contributed by atoms with E-state index in [4.69, 9.17) is 0 Å². The zero-order chi connectivity index (χ0) is 14.4. The molecule has 0 amide bonds. The molecule has 1 aliphatic heterocycles. The van der Waals surface area contributed by atoms with Crippen LogP contribution < -0.4 is 10.2 Å². The molecule has 20 heavy (non-hydrogen) atoms. The first-order valence-electron chi connectivity index (χ1n) is 7.43. The van der Waals surface area contributed by atoms with E-state index < -0.39 is 0 Å². The maximum absolute atomic E-state index is 9.40. The van der Waals surface area contributed by atoms with Gasteiger partial charge in [-0.05, 0) is 53.9 Å². The van der Waals surface area contributed by atoms with E-state index in [-0.39, 0.29) is 0 Å². The van der Waals surface area contributed by atoms with Gasteiger partial charge in [0.05, 0.1) is 11.3 Å². The fourth-order valence-corrected chi connectivity index (χ4v) is 3.26. The van der Waals surface area contributed by atoms with Gasteiger partial charge >= 0.3 is 0 Å². The van der Waals surface area contributed by atoms with Crippen molar-refractivity contribution < 1.29 is 0 Å². The van der Waals surface area contributed by atoms with Gasteiger partial charge in [0, 0.05) is 23.6 Å². The van der Waals surface area contributed by atoms with Crippen molar-refractivity contribution in [2.24, 2.45) is 0 Å². The molecule has 4 heteroatoms. The van der Waals surface area contributed by atoms with Gasteiger partial charge in [0.1, 0.15) is 6.07 Å². The lowest BCUT2D eigenvalue weighted by Gasteiger charge is -2.32. The lowest BCUT2D eigenvalue weighted by molar-refractivity contribution is 0.399. The van der Waals surface area contributed by atoms with Crippen LogP contribution in [-0.2, 0) is 0 Å². The fourth-order valence-electron chi connectivity index (χ4n) is 2.81. The zero-order valence-electron chi connectivity index (χ0n) is 12.0. The third-order valence-electron chi connectivity index (χ3n) is 3.79. The first-order valence-corrected chi connectivity index (χ1v) is 8.22. The number of hydrogen-bond donors (Lipinski definition) is 1. The Bertz CT molecular complexity index is 475. The van der Waals surface area contributed by atoms with E-state index in [1.807, 2.05) is 12.1 Å². The molecule has 1 heterocycles. The molecule has 2 rings (SSSR count). The van der Waals surface area contributed by atoms with Crippen LogP contribution in [0.3, 0.4) is 0 Å². The number of nitrogens with one attached hydrogen (secondary N) is 1. The van der Waals surface area contributed by atoms with Crippen LogP contribution in [0, 0.1) is 11.3 Å². The van der Waals surface area contributed by atoms with Crippen LogP contribution in [0.4, 0.5) is 5.69 Å². The number of halogens is 1. The second-order valence-electron chi connectivity index (χ2n) is 5.34. The van der Waals surface area contributed by atoms with Gasteiger partial charge in [-0.1, -0.05) is 19.4 Å². The minimum absolute atomic E-state index is 0.542. The molecule has 3 nitrogen and oxygen atoms in total. The number of nitrogens with zero attached hydrogens (tertiary/aromatic N) is 2. The van der Waals surface area contributed by atoms with Gasteiger partial charge in [0.2, 0.25) is 0 Å². The molecular formula is C16H22BrN3. The Hall–Kier alpha value is -1.05. The number of rotatable bonds is 5. The molecule has 1 atom stereocenters. The highest BCUT2D eigenvalue weighted by Crippen LogP contribution is 2.28. The summed E-state index contributed by atoms with van der Waals surface area (Å²) in [6.45, 7) is 5.28. The lowest BCUT2D eigenvalue weighted by atomic mass is 10.0. The van der Waals surface area contributed by atoms with Crippen LogP contribution in [0.5, 0.6) is 0 Å². The van der Waals surface area contributed by atoms with E-state index in [0.717, 1.165) is 41.8 Å². The van der Waals surface area contributed by atoms with Crippen molar-refractivity contribution in [2.45, 2.75) is 38.6 Å². The molecule has 108 valence electrons. The van der Waals surface area contributed by atoms with Crippen molar-refractivity contribution in [3.63, 3.8) is 0 Å². The van der Waals surface area contributed by atoms with E-state index in [9.17, 15) is 5.26 Å². The summed E-state index contributed by atoms with van der Waals surface area (Å²) in [7, 11) is 0. The molecule has 0 bridgehead atoms. The highest BCUT2D eigenvalue weighted by molar-refractivity contribution is 9.10. The molecule has 1 aromatic rings. The maximum atomic E-state index is 9.40. The normalized spacial score (nSPS) is 18.6. The number of piperidine rings is 1. The fraction of sp³-hybridized carbons (Fsp3) is 0.562. The summed E-state index contributed by atoms with van der Waals surface area (Å²) in [5.74, 6) is 0. The van der Waals surface area contributed by atoms with Gasteiger partial charge in [0.15, 0.2) is 0 Å². The number of anilines is 1. The summed E-state index contributed by atoms with van der Waals surface area (Å²) in [6.07, 6.45) is 4.91. The zero-order valence-corrected chi connectivity index (χ0v) is 13.6. The molecule has 1 unspecified atom stereocenters. The minimum atomic E-state index is 0.542. The smallest absolute Gasteiger partial charge is 0.103 e. The van der Waals surface area contributed by atoms with Crippen molar-refractivity contribution in [1.29, 1.82) is 5.26 Å². The quantitative estimate of drug-likeness (QED) is 0.892. The number of nitriles is 1. The monoisotopic (exact) mass is 335 g/mol.